The van der Waals surface area contributed by atoms with Crippen molar-refractivity contribution in [3.8, 4) is 16.9 Å². The molecule has 1 saturated heterocycles. The summed E-state index contributed by atoms with van der Waals surface area (Å²) in [7, 11) is 0. The van der Waals surface area contributed by atoms with Gasteiger partial charge in [0.1, 0.15) is 5.75 Å². The molecule has 4 nitrogen and oxygen atoms in total. The Morgan fingerprint density at radius 3 is 2.41 bits per heavy atom. The van der Waals surface area contributed by atoms with Gasteiger partial charge in [0.15, 0.2) is 0 Å². The second-order valence-corrected chi connectivity index (χ2v) is 12.6. The Balaban J connectivity index is 0.00000337. The average Bonchev–Trinajstić information content (AvgIpc) is 3.65. The summed E-state index contributed by atoms with van der Waals surface area (Å²) >= 11 is 0. The van der Waals surface area contributed by atoms with Crippen molar-refractivity contribution in [2.24, 2.45) is 11.3 Å². The second-order valence-electron chi connectivity index (χ2n) is 12.6. The van der Waals surface area contributed by atoms with Crippen molar-refractivity contribution >= 4 is 5.97 Å². The fourth-order valence-electron chi connectivity index (χ4n) is 7.38. The van der Waals surface area contributed by atoms with E-state index in [1.165, 1.54) is 50.1 Å². The van der Waals surface area contributed by atoms with Crippen LogP contribution in [-0.4, -0.2) is 25.8 Å². The summed E-state index contributed by atoms with van der Waals surface area (Å²) in [6.45, 7) is 9.10. The first kappa shape index (κ1) is 30.4. The molecule has 2 aliphatic carbocycles. The van der Waals surface area contributed by atoms with Gasteiger partial charge in [0.2, 0.25) is 0 Å². The van der Waals surface area contributed by atoms with E-state index in [0.29, 0.717) is 5.92 Å². The van der Waals surface area contributed by atoms with Gasteiger partial charge >= 0.3 is 29.6 Å². The predicted octanol–water partition coefficient (Wildman–Crippen LogP) is 3.43. The minimum atomic E-state index is -0.925. The largest absolute Gasteiger partial charge is 1.00 e. The van der Waals surface area contributed by atoms with Crippen molar-refractivity contribution in [3.05, 3.63) is 87.5 Å². The SMILES string of the molecule is Cc1cc(OCC2CCOCC2)cc(C)c1-c1cccc(CCc2ccc3c(c2)CC2(CC2)C3CC(=O)[O-])c1C.[Na+]. The molecular weight excluding hydrogens is 519 g/mol. The van der Waals surface area contributed by atoms with Crippen molar-refractivity contribution in [2.75, 3.05) is 19.8 Å². The molecule has 0 N–H and O–H groups in total. The number of hydrogen-bond donors (Lipinski definition) is 0. The summed E-state index contributed by atoms with van der Waals surface area (Å²) in [5.41, 5.74) is 12.0. The standard InChI is InChI=1S/C36H42O4.Na/c1-23-17-30(40-22-27-11-15-39-16-12-27)18-24(2)35(23)31-6-4-5-28(25(31)3)9-7-26-8-10-32-29(19-26)21-36(13-14-36)33(32)20-34(37)38;/h4-6,8,10,17-19,27,33H,7,9,11-16,20-22H2,1-3H3,(H,37,38);/q;+1/p-1. The van der Waals surface area contributed by atoms with Gasteiger partial charge in [0.25, 0.3) is 0 Å². The zero-order valence-electron chi connectivity index (χ0n) is 25.2. The zero-order valence-corrected chi connectivity index (χ0v) is 27.2. The molecular formula is C36H41NaO4. The molecule has 0 bridgehead atoms. The summed E-state index contributed by atoms with van der Waals surface area (Å²) in [4.78, 5) is 11.4. The number of aliphatic carboxylic acids is 1. The Bertz CT molecular complexity index is 1390. The molecule has 3 aromatic carbocycles. The van der Waals surface area contributed by atoms with Gasteiger partial charge in [-0.3, -0.25) is 0 Å². The van der Waals surface area contributed by atoms with E-state index in [9.17, 15) is 9.90 Å². The first-order chi connectivity index (χ1) is 19.3. The fraction of sp³-hybridized carbons (Fsp3) is 0.472. The number of carbonyl (C=O) groups is 1. The van der Waals surface area contributed by atoms with E-state index in [-0.39, 0.29) is 47.3 Å². The molecule has 41 heavy (non-hydrogen) atoms. The summed E-state index contributed by atoms with van der Waals surface area (Å²) in [5.74, 6) is 0.749. The molecule has 1 spiro atoms. The number of carboxylic acids is 1. The zero-order chi connectivity index (χ0) is 27.9. The third-order valence-corrected chi connectivity index (χ3v) is 9.86. The van der Waals surface area contributed by atoms with Crippen LogP contribution >= 0.6 is 0 Å². The summed E-state index contributed by atoms with van der Waals surface area (Å²) < 4.78 is 11.7. The third kappa shape index (κ3) is 6.46. The Morgan fingerprint density at radius 2 is 1.73 bits per heavy atom. The molecule has 0 aromatic heterocycles. The van der Waals surface area contributed by atoms with E-state index < -0.39 is 5.97 Å². The van der Waals surface area contributed by atoms with Crippen LogP contribution in [0, 0.1) is 32.1 Å². The minimum absolute atomic E-state index is 0. The summed E-state index contributed by atoms with van der Waals surface area (Å²) in [6.07, 6.45) is 7.58. The van der Waals surface area contributed by atoms with E-state index in [1.54, 1.807) is 0 Å². The molecule has 3 aromatic rings. The van der Waals surface area contributed by atoms with Crippen LogP contribution in [-0.2, 0) is 28.8 Å². The molecule has 1 heterocycles. The van der Waals surface area contributed by atoms with Crippen molar-refractivity contribution in [1.29, 1.82) is 0 Å². The maximum absolute atomic E-state index is 11.4. The van der Waals surface area contributed by atoms with Crippen LogP contribution in [0.25, 0.3) is 11.1 Å². The minimum Gasteiger partial charge on any atom is -0.550 e. The number of rotatable bonds is 9. The smallest absolute Gasteiger partial charge is 0.550 e. The maximum Gasteiger partial charge on any atom is 1.00 e. The van der Waals surface area contributed by atoms with Crippen LogP contribution < -0.4 is 39.4 Å². The van der Waals surface area contributed by atoms with Gasteiger partial charge in [-0.15, -0.1) is 0 Å². The topological polar surface area (TPSA) is 58.6 Å². The summed E-state index contributed by atoms with van der Waals surface area (Å²) in [6, 6.07) is 17.8. The fourth-order valence-corrected chi connectivity index (χ4v) is 7.38. The number of aryl methyl sites for hydroxylation is 4. The first-order valence-electron chi connectivity index (χ1n) is 15.1. The molecule has 5 heteroatoms. The van der Waals surface area contributed by atoms with E-state index >= 15 is 0 Å². The maximum atomic E-state index is 11.4. The average molecular weight is 561 g/mol. The Morgan fingerprint density at radius 1 is 1.00 bits per heavy atom. The normalized spacial score (nSPS) is 19.0. The van der Waals surface area contributed by atoms with Crippen LogP contribution in [0.3, 0.4) is 0 Å². The van der Waals surface area contributed by atoms with Crippen LogP contribution in [0.15, 0.2) is 48.5 Å². The number of benzene rings is 3. The van der Waals surface area contributed by atoms with Crippen LogP contribution in [0.5, 0.6) is 5.75 Å². The third-order valence-electron chi connectivity index (χ3n) is 9.86. The Labute approximate surface area is 267 Å². The Hall–Kier alpha value is -2.11. The summed E-state index contributed by atoms with van der Waals surface area (Å²) in [5, 5.41) is 11.4. The van der Waals surface area contributed by atoms with Crippen molar-refractivity contribution in [2.45, 2.75) is 78.1 Å². The second kappa shape index (κ2) is 12.6. The quantitative estimate of drug-likeness (QED) is 0.377. The number of ether oxygens (including phenoxy) is 2. The van der Waals surface area contributed by atoms with Gasteiger partial charge in [0.05, 0.1) is 6.61 Å². The Kier molecular flexibility index (Phi) is 9.35. The van der Waals surface area contributed by atoms with Crippen LogP contribution in [0.2, 0.25) is 0 Å². The number of fused-ring (bicyclic) bond motifs is 1. The first-order valence-corrected chi connectivity index (χ1v) is 15.1. The van der Waals surface area contributed by atoms with Crippen LogP contribution in [0.4, 0.5) is 0 Å². The van der Waals surface area contributed by atoms with Crippen molar-refractivity contribution in [3.63, 3.8) is 0 Å². The molecule has 3 aliphatic rings. The predicted molar refractivity (Wildman–Crippen MR) is 157 cm³/mol. The van der Waals surface area contributed by atoms with Crippen LogP contribution in [0.1, 0.15) is 77.0 Å². The van der Waals surface area contributed by atoms with Gasteiger partial charge in [-0.1, -0.05) is 36.4 Å². The van der Waals surface area contributed by atoms with E-state index in [1.807, 2.05) is 0 Å². The van der Waals surface area contributed by atoms with Gasteiger partial charge in [0, 0.05) is 19.2 Å². The van der Waals surface area contributed by atoms with Gasteiger partial charge < -0.3 is 19.4 Å². The molecule has 6 rings (SSSR count). The van der Waals surface area contributed by atoms with Crippen molar-refractivity contribution in [1.82, 2.24) is 0 Å². The van der Waals surface area contributed by atoms with Gasteiger partial charge in [-0.2, -0.15) is 0 Å². The van der Waals surface area contributed by atoms with E-state index in [4.69, 9.17) is 9.47 Å². The van der Waals surface area contributed by atoms with E-state index in [2.05, 4.69) is 69.3 Å². The molecule has 0 amide bonds. The van der Waals surface area contributed by atoms with Gasteiger partial charge in [-0.05, 0) is 152 Å². The molecule has 1 unspecified atom stereocenters. The monoisotopic (exact) mass is 560 g/mol. The molecule has 1 aliphatic heterocycles. The molecule has 1 saturated carbocycles. The molecule has 210 valence electrons. The number of carboxylic acid groups (broad SMARTS) is 1. The molecule has 0 radical (unpaired) electrons. The van der Waals surface area contributed by atoms with Crippen molar-refractivity contribution < 1.29 is 48.9 Å². The number of carbonyl (C=O) groups excluding carboxylic acids is 1. The molecule has 1 atom stereocenters. The van der Waals surface area contributed by atoms with E-state index in [0.717, 1.165) is 70.5 Å². The number of hydrogen-bond acceptors (Lipinski definition) is 4. The molecule has 2 fully saturated rings. The van der Waals surface area contributed by atoms with Gasteiger partial charge in [-0.25, -0.2) is 0 Å².